The van der Waals surface area contributed by atoms with Crippen LogP contribution in [0.1, 0.15) is 60.5 Å². The summed E-state index contributed by atoms with van der Waals surface area (Å²) in [6, 6.07) is 20.6. The van der Waals surface area contributed by atoms with Crippen molar-refractivity contribution in [2.24, 2.45) is 0 Å². The van der Waals surface area contributed by atoms with E-state index in [2.05, 4.69) is 4.90 Å². The maximum absolute atomic E-state index is 14.5. The second-order valence-electron chi connectivity index (χ2n) is 13.1. The van der Waals surface area contributed by atoms with Gasteiger partial charge in [0.1, 0.15) is 11.2 Å². The van der Waals surface area contributed by atoms with Crippen molar-refractivity contribution in [2.75, 3.05) is 44.2 Å². The van der Waals surface area contributed by atoms with Crippen molar-refractivity contribution in [3.05, 3.63) is 94.7 Å². The Morgan fingerprint density at radius 2 is 1.62 bits per heavy atom. The van der Waals surface area contributed by atoms with Crippen molar-refractivity contribution in [3.8, 4) is 0 Å². The van der Waals surface area contributed by atoms with Crippen LogP contribution in [0.4, 0.5) is 10.5 Å². The Labute approximate surface area is 283 Å². The molecule has 1 aliphatic rings. The monoisotopic (exact) mass is 675 g/mol. The number of piperazine rings is 1. The molecule has 0 saturated carbocycles. The number of fused-ring (bicyclic) bond motifs is 1. The van der Waals surface area contributed by atoms with Gasteiger partial charge in [0.2, 0.25) is 15.8 Å². The van der Waals surface area contributed by atoms with Crippen molar-refractivity contribution >= 4 is 38.7 Å². The smallest absolute Gasteiger partial charge is 0.410 e. The quantitative estimate of drug-likeness (QED) is 0.171. The molecule has 1 fully saturated rings. The fourth-order valence-electron chi connectivity index (χ4n) is 5.79. The van der Waals surface area contributed by atoms with Crippen LogP contribution >= 0.6 is 0 Å². The normalized spacial score (nSPS) is 14.1. The van der Waals surface area contributed by atoms with Crippen LogP contribution in [0.5, 0.6) is 0 Å². The molecule has 0 atom stereocenters. The number of aryl methyl sites for hydroxylation is 2. The summed E-state index contributed by atoms with van der Waals surface area (Å²) >= 11 is 0. The molecule has 10 nitrogen and oxygen atoms in total. The van der Waals surface area contributed by atoms with E-state index in [-0.39, 0.29) is 36.4 Å². The summed E-state index contributed by atoms with van der Waals surface area (Å²) < 4.78 is 46.9. The first-order valence-electron chi connectivity index (χ1n) is 16.3. The number of carbonyl (C=O) groups is 2. The first kappa shape index (κ1) is 35.0. The van der Waals surface area contributed by atoms with Gasteiger partial charge in [0.15, 0.2) is 0 Å². The average molecular weight is 676 g/mol. The van der Waals surface area contributed by atoms with E-state index in [0.29, 0.717) is 49.1 Å². The molecular formula is C37H45N3O7S. The van der Waals surface area contributed by atoms with E-state index in [4.69, 9.17) is 13.9 Å². The molecule has 0 bridgehead atoms. The number of benzene rings is 3. The molecule has 1 aromatic heterocycles. The lowest BCUT2D eigenvalue weighted by Crippen LogP contribution is -2.50. The fraction of sp³-hybridized carbons (Fsp3) is 0.405. The van der Waals surface area contributed by atoms with Gasteiger partial charge in [-0.05, 0) is 83.4 Å². The van der Waals surface area contributed by atoms with Gasteiger partial charge in [-0.1, -0.05) is 48.0 Å². The lowest BCUT2D eigenvalue weighted by atomic mass is 10.1. The van der Waals surface area contributed by atoms with E-state index < -0.39 is 21.6 Å². The molecule has 48 heavy (non-hydrogen) atoms. The van der Waals surface area contributed by atoms with Crippen LogP contribution in [0, 0.1) is 13.8 Å². The molecule has 2 heterocycles. The number of para-hydroxylation sites is 1. The third-order valence-electron chi connectivity index (χ3n) is 8.39. The van der Waals surface area contributed by atoms with Crippen LogP contribution < -0.4 is 4.90 Å². The van der Waals surface area contributed by atoms with E-state index in [1.807, 2.05) is 76.2 Å². The van der Waals surface area contributed by atoms with Crippen molar-refractivity contribution in [2.45, 2.75) is 65.0 Å². The predicted octanol–water partition coefficient (Wildman–Crippen LogP) is 6.72. The highest BCUT2D eigenvalue weighted by Gasteiger charge is 2.30. The highest BCUT2D eigenvalue weighted by atomic mass is 32.2. The third kappa shape index (κ3) is 8.02. The number of carbonyl (C=O) groups excluding carboxylic acids is 2. The van der Waals surface area contributed by atoms with Crippen molar-refractivity contribution < 1.29 is 31.9 Å². The van der Waals surface area contributed by atoms with Crippen LogP contribution in [0.15, 0.2) is 76.0 Å². The van der Waals surface area contributed by atoms with E-state index in [1.54, 1.807) is 30.9 Å². The Morgan fingerprint density at radius 1 is 0.938 bits per heavy atom. The molecule has 0 spiro atoms. The number of amides is 1. The number of ether oxygens (including phenoxy) is 2. The molecule has 0 N–H and O–H groups in total. The molecule has 4 aromatic rings. The van der Waals surface area contributed by atoms with Gasteiger partial charge >= 0.3 is 12.1 Å². The van der Waals surface area contributed by atoms with Gasteiger partial charge in [0, 0.05) is 55.9 Å². The molecule has 0 aliphatic carbocycles. The SMILES string of the molecule is CCOC(=O)c1oc2ccc(S(=O)(=O)N(CCc3ccc(C)cc3)Cc3ccccc3N3CCN(C(=O)OC(C)(C)C)CC3)cc2c1C. The number of anilines is 1. The van der Waals surface area contributed by atoms with Gasteiger partial charge in [-0.2, -0.15) is 4.31 Å². The lowest BCUT2D eigenvalue weighted by molar-refractivity contribution is 0.0240. The minimum Gasteiger partial charge on any atom is -0.460 e. The molecule has 1 saturated heterocycles. The van der Waals surface area contributed by atoms with Crippen molar-refractivity contribution in [1.29, 1.82) is 0 Å². The van der Waals surface area contributed by atoms with Crippen LogP contribution in [0.2, 0.25) is 0 Å². The van der Waals surface area contributed by atoms with Gasteiger partial charge in [-0.25, -0.2) is 18.0 Å². The molecule has 1 aliphatic heterocycles. The van der Waals surface area contributed by atoms with Gasteiger partial charge in [0.05, 0.1) is 11.5 Å². The van der Waals surface area contributed by atoms with Gasteiger partial charge in [-0.3, -0.25) is 0 Å². The minimum absolute atomic E-state index is 0.0679. The summed E-state index contributed by atoms with van der Waals surface area (Å²) in [6.07, 6.45) is 0.193. The molecule has 3 aromatic carbocycles. The number of hydrogen-bond acceptors (Lipinski definition) is 8. The molecule has 0 radical (unpaired) electrons. The molecule has 256 valence electrons. The maximum atomic E-state index is 14.5. The first-order valence-corrected chi connectivity index (χ1v) is 17.8. The Balaban J connectivity index is 1.44. The summed E-state index contributed by atoms with van der Waals surface area (Å²) in [7, 11) is -4.00. The van der Waals surface area contributed by atoms with Crippen LogP contribution in [-0.2, 0) is 32.5 Å². The summed E-state index contributed by atoms with van der Waals surface area (Å²) in [4.78, 5) is 29.2. The van der Waals surface area contributed by atoms with Crippen molar-refractivity contribution in [3.63, 3.8) is 0 Å². The first-order chi connectivity index (χ1) is 22.8. The second kappa shape index (κ2) is 14.4. The van der Waals surface area contributed by atoms with E-state index in [1.165, 1.54) is 10.4 Å². The number of hydrogen-bond donors (Lipinski definition) is 0. The Kier molecular flexibility index (Phi) is 10.5. The summed E-state index contributed by atoms with van der Waals surface area (Å²) in [5.41, 5.74) is 4.33. The number of nitrogens with zero attached hydrogens (tertiary/aromatic N) is 3. The highest BCUT2D eigenvalue weighted by Crippen LogP contribution is 2.31. The van der Waals surface area contributed by atoms with Crippen molar-refractivity contribution in [1.82, 2.24) is 9.21 Å². The van der Waals surface area contributed by atoms with E-state index in [0.717, 1.165) is 22.4 Å². The molecule has 0 unspecified atom stereocenters. The van der Waals surface area contributed by atoms with E-state index in [9.17, 15) is 18.0 Å². The topological polar surface area (TPSA) is 110 Å². The molecule has 5 rings (SSSR count). The summed E-state index contributed by atoms with van der Waals surface area (Å²) in [6.45, 7) is 13.8. The van der Waals surface area contributed by atoms with E-state index >= 15 is 0 Å². The van der Waals surface area contributed by atoms with Gasteiger partial charge < -0.3 is 23.7 Å². The maximum Gasteiger partial charge on any atom is 0.410 e. The summed E-state index contributed by atoms with van der Waals surface area (Å²) in [5, 5.41) is 0.542. The minimum atomic E-state index is -4.00. The zero-order valence-electron chi connectivity index (χ0n) is 28.6. The Hall–Kier alpha value is -4.35. The average Bonchev–Trinajstić information content (AvgIpc) is 3.39. The van der Waals surface area contributed by atoms with Crippen LogP contribution in [-0.4, -0.2) is 74.6 Å². The van der Waals surface area contributed by atoms with Gasteiger partial charge in [-0.15, -0.1) is 0 Å². The number of esters is 1. The largest absolute Gasteiger partial charge is 0.460 e. The number of furan rings is 1. The molecular weight excluding hydrogens is 630 g/mol. The molecule has 11 heteroatoms. The zero-order valence-corrected chi connectivity index (χ0v) is 29.4. The zero-order chi connectivity index (χ0) is 34.6. The fourth-order valence-corrected chi connectivity index (χ4v) is 7.24. The van der Waals surface area contributed by atoms with Gasteiger partial charge in [0.25, 0.3) is 0 Å². The Morgan fingerprint density at radius 3 is 2.29 bits per heavy atom. The highest BCUT2D eigenvalue weighted by molar-refractivity contribution is 7.89. The predicted molar refractivity (Wildman–Crippen MR) is 186 cm³/mol. The molecule has 1 amide bonds. The second-order valence-corrected chi connectivity index (χ2v) is 15.0. The lowest BCUT2D eigenvalue weighted by Gasteiger charge is -2.38. The Bertz CT molecular complexity index is 1870. The number of rotatable bonds is 10. The van der Waals surface area contributed by atoms with Crippen LogP contribution in [0.3, 0.4) is 0 Å². The standard InChI is InChI=1S/C37H45N3O7S/c1-7-45-35(41)34-27(3)31-24-30(16-17-33(31)46-34)48(43,44)40(19-18-28-14-12-26(2)13-15-28)25-29-10-8-9-11-32(29)38-20-22-39(23-21-38)36(42)47-37(4,5)6/h8-17,24H,7,18-23,25H2,1-6H3. The van der Waals surface area contributed by atoms with Crippen LogP contribution in [0.25, 0.3) is 11.0 Å². The third-order valence-corrected chi connectivity index (χ3v) is 10.2. The summed E-state index contributed by atoms with van der Waals surface area (Å²) in [5.74, 6) is -0.516. The number of sulfonamides is 1.